The summed E-state index contributed by atoms with van der Waals surface area (Å²) in [6.07, 6.45) is -6.54. The number of rotatable bonds is 3. The SMILES string of the molecule is FC(F)COn1ccc(C(F)(F)F)n1. The summed E-state index contributed by atoms with van der Waals surface area (Å²) in [4.78, 5) is 4.55. The molecule has 1 aromatic rings. The molecule has 0 radical (unpaired) electrons. The highest BCUT2D eigenvalue weighted by Gasteiger charge is 2.33. The van der Waals surface area contributed by atoms with E-state index in [0.717, 1.165) is 6.20 Å². The van der Waals surface area contributed by atoms with Crippen LogP contribution in [0.3, 0.4) is 0 Å². The lowest BCUT2D eigenvalue weighted by atomic mass is 10.4. The molecule has 14 heavy (non-hydrogen) atoms. The minimum atomic E-state index is -4.60. The summed E-state index contributed by atoms with van der Waals surface area (Å²) in [7, 11) is 0. The lowest BCUT2D eigenvalue weighted by Gasteiger charge is -2.04. The van der Waals surface area contributed by atoms with Crippen molar-refractivity contribution in [3.8, 4) is 0 Å². The first kappa shape index (κ1) is 10.7. The predicted octanol–water partition coefficient (Wildman–Crippen LogP) is 1.60. The molecule has 0 spiro atoms. The number of halogens is 5. The normalized spacial score (nSPS) is 12.1. The largest absolute Gasteiger partial charge is 0.435 e. The molecule has 1 aromatic heterocycles. The van der Waals surface area contributed by atoms with E-state index in [9.17, 15) is 22.0 Å². The fraction of sp³-hybridized carbons (Fsp3) is 0.500. The van der Waals surface area contributed by atoms with Crippen molar-refractivity contribution >= 4 is 0 Å². The minimum absolute atomic E-state index is 0.356. The molecule has 0 N–H and O–H groups in total. The Hall–Kier alpha value is -1.34. The lowest BCUT2D eigenvalue weighted by Crippen LogP contribution is -2.19. The van der Waals surface area contributed by atoms with Crippen LogP contribution in [0.15, 0.2) is 12.3 Å². The fourth-order valence-electron chi connectivity index (χ4n) is 0.663. The van der Waals surface area contributed by atoms with E-state index in [1.165, 1.54) is 0 Å². The molecule has 0 aliphatic rings. The Labute approximate surface area is 75.0 Å². The summed E-state index contributed by atoms with van der Waals surface area (Å²) in [5.74, 6) is 0. The maximum atomic E-state index is 11.9. The maximum Gasteiger partial charge on any atom is 0.435 e. The Bertz CT molecular complexity index is 295. The molecule has 3 nitrogen and oxygen atoms in total. The second-order valence-corrected chi connectivity index (χ2v) is 2.29. The first-order chi connectivity index (χ1) is 6.39. The van der Waals surface area contributed by atoms with Crippen LogP contribution in [-0.4, -0.2) is 23.0 Å². The molecule has 0 aromatic carbocycles. The van der Waals surface area contributed by atoms with E-state index in [1.54, 1.807) is 0 Å². The monoisotopic (exact) mass is 216 g/mol. The van der Waals surface area contributed by atoms with Crippen molar-refractivity contribution in [3.63, 3.8) is 0 Å². The summed E-state index contributed by atoms with van der Waals surface area (Å²) >= 11 is 0. The van der Waals surface area contributed by atoms with Crippen LogP contribution in [0, 0.1) is 0 Å². The quantitative estimate of drug-likeness (QED) is 0.717. The van der Waals surface area contributed by atoms with Crippen LogP contribution in [0.1, 0.15) is 5.69 Å². The number of hydrogen-bond acceptors (Lipinski definition) is 2. The molecule has 0 unspecified atom stereocenters. The van der Waals surface area contributed by atoms with Gasteiger partial charge in [0.25, 0.3) is 6.43 Å². The second-order valence-electron chi connectivity index (χ2n) is 2.29. The van der Waals surface area contributed by atoms with Crippen LogP contribution >= 0.6 is 0 Å². The van der Waals surface area contributed by atoms with Crippen LogP contribution in [0.5, 0.6) is 0 Å². The van der Waals surface area contributed by atoms with Gasteiger partial charge in [0, 0.05) is 0 Å². The minimum Gasteiger partial charge on any atom is -0.391 e. The van der Waals surface area contributed by atoms with E-state index < -0.39 is 24.9 Å². The van der Waals surface area contributed by atoms with Crippen LogP contribution in [0.25, 0.3) is 0 Å². The lowest BCUT2D eigenvalue weighted by molar-refractivity contribution is -0.142. The highest BCUT2D eigenvalue weighted by atomic mass is 19.4. The van der Waals surface area contributed by atoms with Gasteiger partial charge in [0.15, 0.2) is 12.3 Å². The van der Waals surface area contributed by atoms with E-state index >= 15 is 0 Å². The van der Waals surface area contributed by atoms with E-state index in [0.29, 0.717) is 10.9 Å². The molecule has 0 amide bonds. The van der Waals surface area contributed by atoms with Crippen LogP contribution in [-0.2, 0) is 6.18 Å². The molecule has 0 atom stereocenters. The van der Waals surface area contributed by atoms with Crippen molar-refractivity contribution in [2.75, 3.05) is 6.61 Å². The molecular formula is C6H5F5N2O. The van der Waals surface area contributed by atoms with Crippen LogP contribution in [0.2, 0.25) is 0 Å². The molecule has 0 saturated heterocycles. The summed E-state index contributed by atoms with van der Waals surface area (Å²) < 4.78 is 58.9. The topological polar surface area (TPSA) is 27.1 Å². The first-order valence-electron chi connectivity index (χ1n) is 3.44. The van der Waals surface area contributed by atoms with Crippen LogP contribution < -0.4 is 4.84 Å². The molecule has 8 heteroatoms. The van der Waals surface area contributed by atoms with Gasteiger partial charge < -0.3 is 4.84 Å². The summed E-state index contributed by atoms with van der Waals surface area (Å²) in [5, 5.41) is 2.89. The van der Waals surface area contributed by atoms with Gasteiger partial charge >= 0.3 is 6.18 Å². The van der Waals surface area contributed by atoms with Gasteiger partial charge in [0.2, 0.25) is 0 Å². The van der Waals surface area contributed by atoms with E-state index in [-0.39, 0.29) is 0 Å². The zero-order valence-electron chi connectivity index (χ0n) is 6.63. The number of aromatic nitrogens is 2. The summed E-state index contributed by atoms with van der Waals surface area (Å²) in [6, 6.07) is 0.630. The standard InChI is InChI=1S/C6H5F5N2O/c7-5(8)3-14-13-2-1-4(12-13)6(9,10)11/h1-2,5H,3H2. The van der Waals surface area contributed by atoms with Gasteiger partial charge in [-0.15, -0.1) is 9.94 Å². The van der Waals surface area contributed by atoms with Crippen LogP contribution in [0.4, 0.5) is 22.0 Å². The van der Waals surface area contributed by atoms with Gasteiger partial charge in [-0.05, 0) is 6.07 Å². The van der Waals surface area contributed by atoms with Crippen molar-refractivity contribution in [2.24, 2.45) is 0 Å². The molecule has 0 aliphatic carbocycles. The molecule has 1 rings (SSSR count). The average molecular weight is 216 g/mol. The van der Waals surface area contributed by atoms with Gasteiger partial charge in [-0.2, -0.15) is 13.2 Å². The first-order valence-corrected chi connectivity index (χ1v) is 3.44. The molecule has 0 aliphatic heterocycles. The number of nitrogens with zero attached hydrogens (tertiary/aromatic N) is 2. The van der Waals surface area contributed by atoms with Gasteiger partial charge in [0.05, 0.1) is 6.20 Å². The van der Waals surface area contributed by atoms with Gasteiger partial charge in [-0.25, -0.2) is 8.78 Å². The Morgan fingerprint density at radius 3 is 2.50 bits per heavy atom. The molecule has 0 bridgehead atoms. The Kier molecular flexibility index (Phi) is 2.92. The van der Waals surface area contributed by atoms with Crippen molar-refractivity contribution in [1.29, 1.82) is 0 Å². The van der Waals surface area contributed by atoms with Crippen molar-refractivity contribution in [1.82, 2.24) is 9.94 Å². The summed E-state index contributed by atoms with van der Waals surface area (Å²) in [6.45, 7) is -1.00. The molecule has 0 saturated carbocycles. The third kappa shape index (κ3) is 2.86. The fourth-order valence-corrected chi connectivity index (χ4v) is 0.663. The highest BCUT2D eigenvalue weighted by Crippen LogP contribution is 2.26. The maximum absolute atomic E-state index is 11.9. The van der Waals surface area contributed by atoms with Gasteiger partial charge in [-0.3, -0.25) is 0 Å². The molecule has 0 fully saturated rings. The number of alkyl halides is 5. The van der Waals surface area contributed by atoms with Crippen molar-refractivity contribution in [3.05, 3.63) is 18.0 Å². The zero-order chi connectivity index (χ0) is 10.8. The van der Waals surface area contributed by atoms with E-state index in [4.69, 9.17) is 0 Å². The zero-order valence-corrected chi connectivity index (χ0v) is 6.63. The average Bonchev–Trinajstić information content (AvgIpc) is 2.47. The predicted molar refractivity (Wildman–Crippen MR) is 34.7 cm³/mol. The third-order valence-corrected chi connectivity index (χ3v) is 1.19. The van der Waals surface area contributed by atoms with Crippen molar-refractivity contribution in [2.45, 2.75) is 12.6 Å². The van der Waals surface area contributed by atoms with Gasteiger partial charge in [-0.1, -0.05) is 0 Å². The molecule has 1 heterocycles. The Morgan fingerprint density at radius 1 is 1.43 bits per heavy atom. The Balaban J connectivity index is 2.60. The molecule has 80 valence electrons. The summed E-state index contributed by atoms with van der Waals surface area (Å²) in [5.41, 5.74) is -1.19. The van der Waals surface area contributed by atoms with Crippen molar-refractivity contribution < 1.29 is 26.8 Å². The van der Waals surface area contributed by atoms with E-state index in [2.05, 4.69) is 9.94 Å². The highest BCUT2D eigenvalue weighted by molar-refractivity contribution is 5.02. The molecular weight excluding hydrogens is 211 g/mol. The Morgan fingerprint density at radius 2 is 2.07 bits per heavy atom. The smallest absolute Gasteiger partial charge is 0.391 e. The van der Waals surface area contributed by atoms with Gasteiger partial charge in [0.1, 0.15) is 0 Å². The van der Waals surface area contributed by atoms with E-state index in [1.807, 2.05) is 0 Å². The number of hydrogen-bond donors (Lipinski definition) is 0. The second kappa shape index (κ2) is 3.81. The third-order valence-electron chi connectivity index (χ3n) is 1.19.